The lowest BCUT2D eigenvalue weighted by atomic mass is 9.96. The molecule has 3 atom stereocenters. The fourth-order valence-corrected chi connectivity index (χ4v) is 3.40. The van der Waals surface area contributed by atoms with E-state index in [-0.39, 0.29) is 18.5 Å². The Morgan fingerprint density at radius 1 is 0.920 bits per heavy atom. The van der Waals surface area contributed by atoms with Crippen molar-refractivity contribution in [3.05, 3.63) is 0 Å². The number of hydrogen-bond acceptors (Lipinski definition) is 5. The van der Waals surface area contributed by atoms with Crippen molar-refractivity contribution in [1.29, 1.82) is 0 Å². The Morgan fingerprint density at radius 3 is 1.84 bits per heavy atom. The predicted molar refractivity (Wildman–Crippen MR) is 89.2 cm³/mol. The van der Waals surface area contributed by atoms with Crippen LogP contribution in [0.15, 0.2) is 0 Å². The maximum Gasteiger partial charge on any atom is 0.411 e. The van der Waals surface area contributed by atoms with Crippen LogP contribution in [0.5, 0.6) is 0 Å². The molecule has 0 bridgehead atoms. The quantitative estimate of drug-likeness (QED) is 0.774. The Labute approximate surface area is 148 Å². The van der Waals surface area contributed by atoms with E-state index < -0.39 is 35.4 Å². The molecule has 25 heavy (non-hydrogen) atoms. The number of rotatable bonds is 1. The number of hydrogen-bond donors (Lipinski definition) is 1. The van der Waals surface area contributed by atoms with Gasteiger partial charge in [0.15, 0.2) is 0 Å². The van der Waals surface area contributed by atoms with E-state index in [2.05, 4.69) is 0 Å². The summed E-state index contributed by atoms with van der Waals surface area (Å²) in [5.74, 6) is -1.40. The minimum atomic E-state index is -1.08. The van der Waals surface area contributed by atoms with Crippen molar-refractivity contribution in [2.24, 2.45) is 5.92 Å². The Kier molecular flexibility index (Phi) is 4.94. The van der Waals surface area contributed by atoms with Gasteiger partial charge in [0.2, 0.25) is 0 Å². The van der Waals surface area contributed by atoms with E-state index in [9.17, 15) is 19.5 Å². The molecule has 2 heterocycles. The molecule has 142 valence electrons. The molecule has 0 aromatic rings. The van der Waals surface area contributed by atoms with Crippen LogP contribution in [0.4, 0.5) is 9.59 Å². The number of ether oxygens (including phenoxy) is 2. The molecule has 0 aromatic carbocycles. The summed E-state index contributed by atoms with van der Waals surface area (Å²) in [6.07, 6.45) is -0.631. The molecule has 8 heteroatoms. The molecule has 2 fully saturated rings. The first-order chi connectivity index (χ1) is 11.3. The number of fused-ring (bicyclic) bond motifs is 1. The number of nitrogens with zero attached hydrogens (tertiary/aromatic N) is 2. The van der Waals surface area contributed by atoms with Gasteiger partial charge in [-0.15, -0.1) is 0 Å². The first-order valence-electron chi connectivity index (χ1n) is 8.52. The Bertz CT molecular complexity index is 562. The van der Waals surface area contributed by atoms with E-state index in [1.165, 1.54) is 9.80 Å². The molecular formula is C17H28N2O6. The summed E-state index contributed by atoms with van der Waals surface area (Å²) in [4.78, 5) is 39.3. The van der Waals surface area contributed by atoms with E-state index in [4.69, 9.17) is 9.47 Å². The van der Waals surface area contributed by atoms with Crippen LogP contribution in [-0.4, -0.2) is 69.4 Å². The zero-order chi connectivity index (χ0) is 19.2. The molecule has 2 unspecified atom stereocenters. The van der Waals surface area contributed by atoms with Crippen LogP contribution in [0.25, 0.3) is 0 Å². The first-order valence-corrected chi connectivity index (χ1v) is 8.52. The summed E-state index contributed by atoms with van der Waals surface area (Å²) in [6, 6.07) is -1.37. The second kappa shape index (κ2) is 6.38. The van der Waals surface area contributed by atoms with Crippen LogP contribution in [0, 0.1) is 5.92 Å². The van der Waals surface area contributed by atoms with Crippen LogP contribution in [0.1, 0.15) is 48.0 Å². The molecule has 1 N–H and O–H groups in total. The fourth-order valence-electron chi connectivity index (χ4n) is 3.40. The fraction of sp³-hybridized carbons (Fsp3) is 0.824. The zero-order valence-electron chi connectivity index (χ0n) is 15.7. The van der Waals surface area contributed by atoms with Crippen LogP contribution in [0.3, 0.4) is 0 Å². The molecule has 2 aliphatic heterocycles. The zero-order valence-corrected chi connectivity index (χ0v) is 15.7. The predicted octanol–water partition coefficient (Wildman–Crippen LogP) is 2.32. The lowest BCUT2D eigenvalue weighted by molar-refractivity contribution is -0.143. The molecule has 0 saturated carbocycles. The van der Waals surface area contributed by atoms with Gasteiger partial charge in [-0.3, -0.25) is 4.90 Å². The lowest BCUT2D eigenvalue weighted by Crippen LogP contribution is -2.46. The van der Waals surface area contributed by atoms with Gasteiger partial charge >= 0.3 is 18.2 Å². The maximum absolute atomic E-state index is 12.4. The standard InChI is InChI=1S/C17H28N2O6/c1-16(2,3)24-14(22)18-8-7-10-11(18)9-19(12(10)13(20)21)15(23)25-17(4,5)6/h10-12H,7-9H2,1-6H3,(H,20,21)/t10?,11?,12-/m0/s1. The van der Waals surface area contributed by atoms with Gasteiger partial charge in [-0.1, -0.05) is 0 Å². The van der Waals surface area contributed by atoms with Crippen molar-refractivity contribution in [3.63, 3.8) is 0 Å². The van der Waals surface area contributed by atoms with E-state index >= 15 is 0 Å². The van der Waals surface area contributed by atoms with Crippen molar-refractivity contribution < 1.29 is 29.0 Å². The highest BCUT2D eigenvalue weighted by molar-refractivity contribution is 5.82. The highest BCUT2D eigenvalue weighted by Crippen LogP contribution is 2.38. The van der Waals surface area contributed by atoms with Gasteiger partial charge < -0.3 is 19.5 Å². The Balaban J connectivity index is 2.18. The van der Waals surface area contributed by atoms with Gasteiger partial charge in [0.25, 0.3) is 0 Å². The summed E-state index contributed by atoms with van der Waals surface area (Å²) >= 11 is 0. The number of carbonyl (C=O) groups excluding carboxylic acids is 2. The van der Waals surface area contributed by atoms with E-state index in [0.717, 1.165) is 0 Å². The molecular weight excluding hydrogens is 328 g/mol. The molecule has 2 rings (SSSR count). The lowest BCUT2D eigenvalue weighted by Gasteiger charge is -2.29. The van der Waals surface area contributed by atoms with Crippen LogP contribution >= 0.6 is 0 Å². The normalized spacial score (nSPS) is 26.4. The molecule has 2 saturated heterocycles. The summed E-state index contributed by atoms with van der Waals surface area (Å²) in [5, 5.41) is 9.61. The molecule has 0 aromatic heterocycles. The number of carbonyl (C=O) groups is 3. The second-order valence-corrected chi connectivity index (χ2v) is 8.61. The smallest absolute Gasteiger partial charge is 0.411 e. The highest BCUT2D eigenvalue weighted by atomic mass is 16.6. The third-order valence-corrected chi connectivity index (χ3v) is 4.23. The number of likely N-dealkylation sites (tertiary alicyclic amines) is 2. The van der Waals surface area contributed by atoms with E-state index in [1.54, 1.807) is 41.5 Å². The van der Waals surface area contributed by atoms with Crippen LogP contribution in [0.2, 0.25) is 0 Å². The van der Waals surface area contributed by atoms with Crippen molar-refractivity contribution in [1.82, 2.24) is 9.80 Å². The first kappa shape index (κ1) is 19.3. The summed E-state index contributed by atoms with van der Waals surface area (Å²) in [5.41, 5.74) is -1.35. The Hall–Kier alpha value is -1.99. The second-order valence-electron chi connectivity index (χ2n) is 8.61. The molecule has 0 spiro atoms. The average molecular weight is 356 g/mol. The van der Waals surface area contributed by atoms with Crippen molar-refractivity contribution in [2.75, 3.05) is 13.1 Å². The highest BCUT2D eigenvalue weighted by Gasteiger charge is 2.55. The number of carboxylic acid groups (broad SMARTS) is 1. The van der Waals surface area contributed by atoms with Crippen LogP contribution in [-0.2, 0) is 14.3 Å². The largest absolute Gasteiger partial charge is 0.480 e. The number of amides is 2. The van der Waals surface area contributed by atoms with Gasteiger partial charge in [0.05, 0.1) is 6.04 Å². The van der Waals surface area contributed by atoms with Crippen LogP contribution < -0.4 is 0 Å². The molecule has 0 radical (unpaired) electrons. The van der Waals surface area contributed by atoms with Crippen molar-refractivity contribution >= 4 is 18.2 Å². The van der Waals surface area contributed by atoms with Gasteiger partial charge in [-0.2, -0.15) is 0 Å². The number of aliphatic carboxylic acids is 1. The molecule has 2 amide bonds. The maximum atomic E-state index is 12.4. The van der Waals surface area contributed by atoms with Gasteiger partial charge in [-0.25, -0.2) is 14.4 Å². The van der Waals surface area contributed by atoms with E-state index in [0.29, 0.717) is 13.0 Å². The van der Waals surface area contributed by atoms with E-state index in [1.807, 2.05) is 0 Å². The number of carboxylic acids is 1. The SMILES string of the molecule is CC(C)(C)OC(=O)N1CCC2C1CN(C(=O)OC(C)(C)C)[C@@H]2C(=O)O. The minimum Gasteiger partial charge on any atom is -0.480 e. The third kappa shape index (κ3) is 4.35. The van der Waals surface area contributed by atoms with Crippen molar-refractivity contribution in [3.8, 4) is 0 Å². The topological polar surface area (TPSA) is 96.4 Å². The average Bonchev–Trinajstić information content (AvgIpc) is 2.90. The Morgan fingerprint density at radius 2 is 1.40 bits per heavy atom. The molecule has 2 aliphatic rings. The van der Waals surface area contributed by atoms with Gasteiger partial charge in [0.1, 0.15) is 17.2 Å². The summed E-state index contributed by atoms with van der Waals surface area (Å²) in [7, 11) is 0. The van der Waals surface area contributed by atoms with Crippen molar-refractivity contribution in [2.45, 2.75) is 71.2 Å². The molecule has 8 nitrogen and oxygen atoms in total. The summed E-state index contributed by atoms with van der Waals surface area (Å²) < 4.78 is 10.7. The monoisotopic (exact) mass is 356 g/mol. The van der Waals surface area contributed by atoms with Gasteiger partial charge in [-0.05, 0) is 48.0 Å². The molecule has 0 aliphatic carbocycles. The summed E-state index contributed by atoms with van der Waals surface area (Å²) in [6.45, 7) is 11.1. The van der Waals surface area contributed by atoms with Gasteiger partial charge in [0, 0.05) is 19.0 Å². The third-order valence-electron chi connectivity index (χ3n) is 4.23. The minimum absolute atomic E-state index is 0.135.